The minimum atomic E-state index is -2.73. The quantitative estimate of drug-likeness (QED) is 0.691. The van der Waals surface area contributed by atoms with Gasteiger partial charge < -0.3 is 5.11 Å². The molecule has 2 aliphatic carbocycles. The fraction of sp³-hybridized carbons (Fsp3) is 0.550. The number of hydrogen-bond acceptors (Lipinski definition) is 3. The van der Waals surface area contributed by atoms with Gasteiger partial charge in [-0.2, -0.15) is 5.10 Å². The van der Waals surface area contributed by atoms with E-state index in [2.05, 4.69) is 23.4 Å². The van der Waals surface area contributed by atoms with E-state index < -0.39 is 18.2 Å². The van der Waals surface area contributed by atoms with E-state index in [-0.39, 0.29) is 11.3 Å². The van der Waals surface area contributed by atoms with Crippen molar-refractivity contribution < 1.29 is 13.9 Å². The van der Waals surface area contributed by atoms with Crippen LogP contribution in [0.1, 0.15) is 73.6 Å². The fourth-order valence-electron chi connectivity index (χ4n) is 5.30. The number of aromatic nitrogens is 2. The minimum absolute atomic E-state index is 0.135. The molecule has 4 unspecified atom stereocenters. The molecular formula is C20H24ClF2N3O. The van der Waals surface area contributed by atoms with Crippen molar-refractivity contribution in [1.29, 1.82) is 0 Å². The van der Waals surface area contributed by atoms with Crippen LogP contribution in [0.15, 0.2) is 24.4 Å². The van der Waals surface area contributed by atoms with Gasteiger partial charge in [-0.3, -0.25) is 10.00 Å². The third-order valence-corrected chi connectivity index (χ3v) is 6.48. The lowest BCUT2D eigenvalue weighted by atomic mass is 9.81. The van der Waals surface area contributed by atoms with Gasteiger partial charge in [-0.25, -0.2) is 8.78 Å². The van der Waals surface area contributed by atoms with E-state index in [4.69, 9.17) is 11.6 Å². The summed E-state index contributed by atoms with van der Waals surface area (Å²) in [6, 6.07) is 5.95. The summed E-state index contributed by atoms with van der Waals surface area (Å²) < 4.78 is 28.0. The summed E-state index contributed by atoms with van der Waals surface area (Å²) in [4.78, 5) is 0. The van der Waals surface area contributed by atoms with E-state index in [0.29, 0.717) is 16.9 Å². The van der Waals surface area contributed by atoms with Crippen molar-refractivity contribution in [1.82, 2.24) is 15.1 Å². The van der Waals surface area contributed by atoms with Gasteiger partial charge in [0.15, 0.2) is 0 Å². The Morgan fingerprint density at radius 3 is 2.93 bits per heavy atom. The molecule has 27 heavy (non-hydrogen) atoms. The van der Waals surface area contributed by atoms with Crippen molar-refractivity contribution in [3.05, 3.63) is 51.8 Å². The number of halogens is 3. The van der Waals surface area contributed by atoms with Crippen molar-refractivity contribution in [3.8, 4) is 0 Å². The summed E-state index contributed by atoms with van der Waals surface area (Å²) in [5, 5.41) is 18.7. The van der Waals surface area contributed by atoms with Crippen LogP contribution in [0.4, 0.5) is 8.78 Å². The third-order valence-electron chi connectivity index (χ3n) is 6.25. The Kier molecular flexibility index (Phi) is 4.77. The first-order valence-corrected chi connectivity index (χ1v) is 9.82. The minimum Gasteiger partial charge on any atom is -0.374 e. The van der Waals surface area contributed by atoms with E-state index in [9.17, 15) is 13.9 Å². The molecule has 2 bridgehead atoms. The molecule has 0 amide bonds. The average molecular weight is 396 g/mol. The van der Waals surface area contributed by atoms with Gasteiger partial charge in [-0.05, 0) is 54.4 Å². The highest BCUT2D eigenvalue weighted by Gasteiger charge is 2.57. The second kappa shape index (κ2) is 6.83. The summed E-state index contributed by atoms with van der Waals surface area (Å²) in [5.41, 5.74) is 1.68. The molecule has 2 aromatic rings. The Bertz CT molecular complexity index is 856. The Morgan fingerprint density at radius 2 is 2.22 bits per heavy atom. The standard InChI is InChI=1S/C20H24ClF2N3O/c1-3-4-15-13-7-8-20(15,16-9-11(21)5-6-12(13)16)24-19(27)14-10-26(2)25-17(14)18(22)23/h5-6,9-10,13,15,18-19,24,27H,3-4,7-8H2,1-2H3. The van der Waals surface area contributed by atoms with Gasteiger partial charge in [0.05, 0.1) is 0 Å². The SMILES string of the molecule is CCCC1C2CCC1(NC(O)c1cn(C)nc1C(F)F)c1cc(Cl)ccc12. The number of fused-ring (bicyclic) bond motifs is 5. The maximum atomic E-state index is 13.4. The zero-order valence-corrected chi connectivity index (χ0v) is 16.2. The van der Waals surface area contributed by atoms with Crippen LogP contribution in [0.2, 0.25) is 5.02 Å². The molecule has 1 saturated carbocycles. The molecule has 1 aromatic heterocycles. The Balaban J connectivity index is 1.74. The molecule has 2 N–H and O–H groups in total. The average Bonchev–Trinajstić information content (AvgIpc) is 3.24. The molecule has 1 fully saturated rings. The highest BCUT2D eigenvalue weighted by atomic mass is 35.5. The molecule has 1 aromatic carbocycles. The second-order valence-corrected chi connectivity index (χ2v) is 8.17. The van der Waals surface area contributed by atoms with Crippen LogP contribution >= 0.6 is 11.6 Å². The Hall–Kier alpha value is -1.50. The van der Waals surface area contributed by atoms with E-state index >= 15 is 0 Å². The zero-order valence-electron chi connectivity index (χ0n) is 15.4. The molecule has 0 radical (unpaired) electrons. The van der Waals surface area contributed by atoms with Gasteiger partial charge in [0.2, 0.25) is 0 Å². The van der Waals surface area contributed by atoms with Crippen LogP contribution in [0.25, 0.3) is 0 Å². The molecule has 2 aliphatic rings. The van der Waals surface area contributed by atoms with E-state index in [1.165, 1.54) is 16.4 Å². The topological polar surface area (TPSA) is 50.1 Å². The molecule has 146 valence electrons. The molecular weight excluding hydrogens is 372 g/mol. The highest BCUT2D eigenvalue weighted by Crippen LogP contribution is 2.62. The van der Waals surface area contributed by atoms with E-state index in [1.807, 2.05) is 12.1 Å². The number of aliphatic hydroxyl groups excluding tert-OH is 1. The molecule has 4 nitrogen and oxygen atoms in total. The van der Waals surface area contributed by atoms with Crippen molar-refractivity contribution in [2.45, 2.75) is 56.7 Å². The first-order valence-electron chi connectivity index (χ1n) is 9.44. The largest absolute Gasteiger partial charge is 0.374 e. The van der Waals surface area contributed by atoms with Gasteiger partial charge in [-0.1, -0.05) is 31.0 Å². The lowest BCUT2D eigenvalue weighted by molar-refractivity contribution is 0.0662. The third kappa shape index (κ3) is 2.89. The van der Waals surface area contributed by atoms with E-state index in [1.54, 1.807) is 7.05 Å². The molecule has 0 spiro atoms. The molecule has 4 atom stereocenters. The molecule has 0 aliphatic heterocycles. The summed E-state index contributed by atoms with van der Waals surface area (Å²) >= 11 is 6.27. The number of aryl methyl sites for hydroxylation is 1. The second-order valence-electron chi connectivity index (χ2n) is 7.73. The number of rotatable bonds is 6. The van der Waals surface area contributed by atoms with Crippen LogP contribution in [0, 0.1) is 5.92 Å². The zero-order chi connectivity index (χ0) is 19.3. The van der Waals surface area contributed by atoms with Crippen LogP contribution in [0.3, 0.4) is 0 Å². The van der Waals surface area contributed by atoms with Crippen molar-refractivity contribution >= 4 is 11.6 Å². The molecule has 0 saturated heterocycles. The summed E-state index contributed by atoms with van der Waals surface area (Å²) in [6.07, 6.45) is 1.42. The van der Waals surface area contributed by atoms with Crippen LogP contribution in [-0.2, 0) is 12.6 Å². The maximum Gasteiger partial charge on any atom is 0.282 e. The van der Waals surface area contributed by atoms with Crippen LogP contribution in [0.5, 0.6) is 0 Å². The number of aliphatic hydroxyl groups is 1. The summed E-state index contributed by atoms with van der Waals surface area (Å²) in [5.74, 6) is 0.734. The van der Waals surface area contributed by atoms with Gasteiger partial charge in [0.1, 0.15) is 11.9 Å². The van der Waals surface area contributed by atoms with Crippen LogP contribution < -0.4 is 5.32 Å². The molecule has 4 rings (SSSR count). The summed E-state index contributed by atoms with van der Waals surface area (Å²) in [7, 11) is 1.58. The Morgan fingerprint density at radius 1 is 1.44 bits per heavy atom. The smallest absolute Gasteiger partial charge is 0.282 e. The predicted octanol–water partition coefficient (Wildman–Crippen LogP) is 4.79. The number of nitrogens with one attached hydrogen (secondary N) is 1. The van der Waals surface area contributed by atoms with Crippen molar-refractivity contribution in [3.63, 3.8) is 0 Å². The number of hydrogen-bond donors (Lipinski definition) is 2. The Labute approximate surface area is 162 Å². The first-order chi connectivity index (χ1) is 12.9. The van der Waals surface area contributed by atoms with Crippen molar-refractivity contribution in [2.24, 2.45) is 13.0 Å². The normalized spacial score (nSPS) is 27.4. The number of nitrogens with zero attached hydrogens (tertiary/aromatic N) is 2. The van der Waals surface area contributed by atoms with Gasteiger partial charge in [-0.15, -0.1) is 0 Å². The van der Waals surface area contributed by atoms with Gasteiger partial charge >= 0.3 is 0 Å². The monoisotopic (exact) mass is 395 g/mol. The lowest BCUT2D eigenvalue weighted by Crippen LogP contribution is -2.46. The highest BCUT2D eigenvalue weighted by molar-refractivity contribution is 6.30. The molecule has 1 heterocycles. The maximum absolute atomic E-state index is 13.4. The summed E-state index contributed by atoms with van der Waals surface area (Å²) in [6.45, 7) is 2.15. The van der Waals surface area contributed by atoms with Crippen molar-refractivity contribution in [2.75, 3.05) is 0 Å². The van der Waals surface area contributed by atoms with E-state index in [0.717, 1.165) is 31.2 Å². The predicted molar refractivity (Wildman–Crippen MR) is 99.8 cm³/mol. The van der Waals surface area contributed by atoms with Gasteiger partial charge in [0, 0.05) is 29.4 Å². The number of benzene rings is 1. The first kappa shape index (κ1) is 18.8. The van der Waals surface area contributed by atoms with Crippen LogP contribution in [-0.4, -0.2) is 14.9 Å². The molecule has 7 heteroatoms. The van der Waals surface area contributed by atoms with Gasteiger partial charge in [0.25, 0.3) is 6.43 Å². The fourth-order valence-corrected chi connectivity index (χ4v) is 5.47. The number of alkyl halides is 2. The lowest BCUT2D eigenvalue weighted by Gasteiger charge is -2.37.